The molecule has 2 aliphatic rings. The molecule has 17 heteroatoms. The summed E-state index contributed by atoms with van der Waals surface area (Å²) in [5.74, 6) is 1.69. The zero-order valence-corrected chi connectivity index (χ0v) is 31.7. The largest absolute Gasteiger partial charge is 0.497 e. The average molecular weight is 768 g/mol. The molecule has 0 fully saturated rings. The van der Waals surface area contributed by atoms with Crippen molar-refractivity contribution >= 4 is 52.9 Å². The number of aliphatic imine (C=N–C) groups is 1. The second-order valence-electron chi connectivity index (χ2n) is 13.6. The average Bonchev–Trinajstić information content (AvgIpc) is 3.63. The molecule has 0 aliphatic carbocycles. The highest BCUT2D eigenvalue weighted by atomic mass is 35.5. The number of aromatic nitrogens is 4. The highest BCUT2D eigenvalue weighted by molar-refractivity contribution is 6.35. The number of rotatable bonds is 15. The number of likely N-dealkylation sites (N-methyl/N-ethyl adjacent to an activating group) is 1. The molecule has 0 saturated heterocycles. The van der Waals surface area contributed by atoms with E-state index in [1.165, 1.54) is 25.4 Å². The van der Waals surface area contributed by atoms with Gasteiger partial charge in [-0.3, -0.25) is 14.6 Å². The number of quaternary nitrogens is 1. The number of carbonyl (C=O) groups excluding carboxylic acids is 2. The third-order valence-electron chi connectivity index (χ3n) is 9.16. The Balaban J connectivity index is 1.26. The first-order valence-corrected chi connectivity index (χ1v) is 17.7. The van der Waals surface area contributed by atoms with Crippen LogP contribution in [0.15, 0.2) is 89.7 Å². The van der Waals surface area contributed by atoms with Crippen LogP contribution in [0.25, 0.3) is 0 Å². The first-order valence-electron chi connectivity index (χ1n) is 17.3. The zero-order valence-electron chi connectivity index (χ0n) is 31.0. The molecule has 55 heavy (non-hydrogen) atoms. The predicted molar refractivity (Wildman–Crippen MR) is 208 cm³/mol. The number of ether oxygens (including phenoxy) is 2. The van der Waals surface area contributed by atoms with E-state index in [1.54, 1.807) is 53.9 Å². The van der Waals surface area contributed by atoms with Gasteiger partial charge in [-0.05, 0) is 41.2 Å². The van der Waals surface area contributed by atoms with Crippen molar-refractivity contribution in [3.05, 3.63) is 117 Å². The lowest BCUT2D eigenvalue weighted by atomic mass is 10.00. The number of benzene rings is 2. The number of hydrogen-bond donors (Lipinski definition) is 1. The Morgan fingerprint density at radius 1 is 1.16 bits per heavy atom. The molecule has 0 bridgehead atoms. The van der Waals surface area contributed by atoms with Crippen LogP contribution in [-0.4, -0.2) is 88.8 Å². The van der Waals surface area contributed by atoms with Crippen molar-refractivity contribution in [2.45, 2.75) is 32.4 Å². The molecule has 16 nitrogen and oxygen atoms in total. The number of halogens is 1. The van der Waals surface area contributed by atoms with Crippen molar-refractivity contribution in [3.8, 4) is 11.5 Å². The predicted octanol–water partition coefficient (Wildman–Crippen LogP) is 6.10. The van der Waals surface area contributed by atoms with Gasteiger partial charge in [-0.2, -0.15) is 4.98 Å². The molecule has 4 aromatic rings. The molecular weight excluding hydrogens is 728 g/mol. The summed E-state index contributed by atoms with van der Waals surface area (Å²) in [5.41, 5.74) is 3.22. The molecule has 6 rings (SSSR count). The number of methoxy groups -OCH3 is 2. The fourth-order valence-electron chi connectivity index (χ4n) is 6.43. The number of nitrogens with one attached hydrogen (secondary N) is 1. The fraction of sp³-hybridized carbons (Fsp3) is 0.289. The first kappa shape index (κ1) is 38.5. The number of amides is 2. The van der Waals surface area contributed by atoms with Crippen LogP contribution >= 0.6 is 11.6 Å². The van der Waals surface area contributed by atoms with Crippen molar-refractivity contribution in [2.24, 2.45) is 4.99 Å². The van der Waals surface area contributed by atoms with E-state index in [4.69, 9.17) is 26.1 Å². The molecule has 284 valence electrons. The molecule has 2 amide bonds. The summed E-state index contributed by atoms with van der Waals surface area (Å²) < 4.78 is 11.4. The van der Waals surface area contributed by atoms with Crippen LogP contribution in [-0.2, 0) is 17.8 Å². The maximum atomic E-state index is 14.6. The van der Waals surface area contributed by atoms with Crippen LogP contribution in [0.2, 0.25) is 5.02 Å². The summed E-state index contributed by atoms with van der Waals surface area (Å²) in [6, 6.07) is 11.5. The highest BCUT2D eigenvalue weighted by Crippen LogP contribution is 2.43. The van der Waals surface area contributed by atoms with Crippen LogP contribution in [0.4, 0.5) is 28.1 Å². The highest BCUT2D eigenvalue weighted by Gasteiger charge is 2.38. The molecule has 0 saturated carbocycles. The zero-order chi connectivity index (χ0) is 39.3. The Labute approximate surface area is 322 Å². The van der Waals surface area contributed by atoms with Crippen LogP contribution in [0.3, 0.4) is 0 Å². The SMILES string of the molecule is COc1cc(OC)c(Cl)c(N2Cc3cnc(Nc4ccncn4)nc3N(C(C)c3cccc(CC(=O)/C=C/C[N+](C)(C)CC4=C([N+](=O)[O-])N=CC4)c3)C2=O)c1. The lowest BCUT2D eigenvalue weighted by Gasteiger charge is -2.39. The Morgan fingerprint density at radius 3 is 2.71 bits per heavy atom. The fourth-order valence-corrected chi connectivity index (χ4v) is 6.72. The van der Waals surface area contributed by atoms with E-state index in [9.17, 15) is 19.7 Å². The summed E-state index contributed by atoms with van der Waals surface area (Å²) in [5, 5.41) is 14.6. The van der Waals surface area contributed by atoms with Crippen LogP contribution in [0.5, 0.6) is 11.5 Å². The van der Waals surface area contributed by atoms with E-state index in [1.807, 2.05) is 45.3 Å². The third kappa shape index (κ3) is 8.77. The second kappa shape index (κ2) is 16.4. The number of carbonyl (C=O) groups is 2. The summed E-state index contributed by atoms with van der Waals surface area (Å²) in [7, 11) is 6.90. The molecule has 1 N–H and O–H groups in total. The molecule has 0 spiro atoms. The Hall–Kier alpha value is -6.26. The normalized spacial score (nSPS) is 14.7. The summed E-state index contributed by atoms with van der Waals surface area (Å²) >= 11 is 6.79. The number of urea groups is 1. The molecule has 0 radical (unpaired) electrons. The smallest absolute Gasteiger partial charge is 0.368 e. The maximum absolute atomic E-state index is 14.6. The third-order valence-corrected chi connectivity index (χ3v) is 9.54. The van der Waals surface area contributed by atoms with Gasteiger partial charge in [0.2, 0.25) is 5.95 Å². The van der Waals surface area contributed by atoms with Crippen LogP contribution in [0, 0.1) is 10.1 Å². The van der Waals surface area contributed by atoms with Gasteiger partial charge >= 0.3 is 11.9 Å². The number of allylic oxidation sites excluding steroid dienone is 1. The second-order valence-corrected chi connectivity index (χ2v) is 14.0. The van der Waals surface area contributed by atoms with E-state index in [2.05, 4.69) is 25.3 Å². The van der Waals surface area contributed by atoms with Gasteiger partial charge < -0.3 is 29.4 Å². The maximum Gasteiger partial charge on any atom is 0.368 e. The van der Waals surface area contributed by atoms with E-state index in [-0.39, 0.29) is 35.5 Å². The molecule has 1 atom stereocenters. The van der Waals surface area contributed by atoms with Crippen molar-refractivity contribution < 1.29 is 28.5 Å². The number of anilines is 4. The van der Waals surface area contributed by atoms with Crippen molar-refractivity contribution in [1.29, 1.82) is 0 Å². The molecule has 4 heterocycles. The molecular formula is C38H40ClN10O6+. The molecule has 2 aromatic carbocycles. The number of hydrogen-bond acceptors (Lipinski definition) is 12. The summed E-state index contributed by atoms with van der Waals surface area (Å²) in [4.78, 5) is 63.1. The minimum atomic E-state index is -0.566. The van der Waals surface area contributed by atoms with Crippen molar-refractivity contribution in [1.82, 2.24) is 19.9 Å². The Morgan fingerprint density at radius 2 is 1.98 bits per heavy atom. The minimum Gasteiger partial charge on any atom is -0.497 e. The van der Waals surface area contributed by atoms with Gasteiger partial charge in [0.15, 0.2) is 5.78 Å². The topological polar surface area (TPSA) is 178 Å². The van der Waals surface area contributed by atoms with E-state index < -0.39 is 17.0 Å². The summed E-state index contributed by atoms with van der Waals surface area (Å²) in [6.07, 6.45) is 10.1. The Bertz CT molecular complexity index is 2210. The molecule has 2 aliphatic heterocycles. The quantitative estimate of drug-likeness (QED) is 0.0640. The lowest BCUT2D eigenvalue weighted by Crippen LogP contribution is -2.49. The molecule has 1 unspecified atom stereocenters. The van der Waals surface area contributed by atoms with E-state index >= 15 is 0 Å². The van der Waals surface area contributed by atoms with E-state index in [0.717, 1.165) is 11.1 Å². The molecule has 2 aromatic heterocycles. The van der Waals surface area contributed by atoms with Gasteiger partial charge in [0.1, 0.15) is 47.2 Å². The van der Waals surface area contributed by atoms with Gasteiger partial charge in [-0.25, -0.2) is 19.7 Å². The first-order chi connectivity index (χ1) is 26.4. The van der Waals surface area contributed by atoms with Crippen LogP contribution in [0.1, 0.15) is 36.1 Å². The summed E-state index contributed by atoms with van der Waals surface area (Å²) in [6.45, 7) is 2.92. The monoisotopic (exact) mass is 767 g/mol. The van der Waals surface area contributed by atoms with Gasteiger partial charge in [0.25, 0.3) is 0 Å². The van der Waals surface area contributed by atoms with Gasteiger partial charge in [-0.15, -0.1) is 0 Å². The number of fused-ring (bicyclic) bond motifs is 1. The van der Waals surface area contributed by atoms with Gasteiger partial charge in [0.05, 0.1) is 58.7 Å². The standard InChI is InChI=1S/C38H40ClN10O6/c1-24(26-9-6-8-25(16-26)17-29(50)10-7-15-49(2,3)22-27-11-14-41-35(27)48(52)53)47-36-28(20-42-37(45-36)44-33-12-13-40-23-43-33)21-46(38(47)51)31-18-30(54-4)19-32(55-5)34(31)39/h6-10,12-14,16,18-20,23-24H,11,15,17,21-22H2,1-5H3,(H,40,42,43,44,45)/q+1/b10-7+. The lowest BCUT2D eigenvalue weighted by molar-refractivity contribution is -0.880. The number of nitro groups is 1. The number of ketones is 1. The van der Waals surface area contributed by atoms with Crippen molar-refractivity contribution in [2.75, 3.05) is 56.5 Å². The van der Waals surface area contributed by atoms with Crippen LogP contribution < -0.4 is 24.6 Å². The minimum absolute atomic E-state index is 0.0982. The van der Waals surface area contributed by atoms with Gasteiger partial charge in [-0.1, -0.05) is 40.9 Å². The number of nitrogens with zero attached hydrogens (tertiary/aromatic N) is 9. The van der Waals surface area contributed by atoms with Crippen molar-refractivity contribution in [3.63, 3.8) is 0 Å². The van der Waals surface area contributed by atoms with E-state index in [0.29, 0.717) is 64.0 Å². The Kier molecular flexibility index (Phi) is 11.5. The van der Waals surface area contributed by atoms with Gasteiger partial charge in [0, 0.05) is 42.9 Å².